The average Bonchev–Trinajstić information content (AvgIpc) is 2.79. The molecule has 0 aliphatic rings. The van der Waals surface area contributed by atoms with Crippen molar-refractivity contribution >= 4 is 29.8 Å². The maximum absolute atomic E-state index is 12.7. The number of amides is 2. The van der Waals surface area contributed by atoms with Crippen LogP contribution in [0.25, 0.3) is 6.08 Å². The Morgan fingerprint density at radius 1 is 0.969 bits per heavy atom. The lowest BCUT2D eigenvalue weighted by Gasteiger charge is -2.09. The number of nitro groups is 1. The number of rotatable bonds is 7. The highest BCUT2D eigenvalue weighted by Gasteiger charge is 2.15. The minimum atomic E-state index is -0.739. The van der Waals surface area contributed by atoms with E-state index < -0.39 is 16.7 Å². The maximum Gasteiger partial charge on any atom is 0.287 e. The van der Waals surface area contributed by atoms with E-state index in [1.54, 1.807) is 54.6 Å². The van der Waals surface area contributed by atoms with Gasteiger partial charge in [0.05, 0.1) is 16.7 Å². The molecule has 0 spiro atoms. The van der Waals surface area contributed by atoms with Gasteiger partial charge in [-0.05, 0) is 35.9 Å². The highest BCUT2D eigenvalue weighted by atomic mass is 16.6. The van der Waals surface area contributed by atoms with Crippen LogP contribution in [0.1, 0.15) is 21.5 Å². The van der Waals surface area contributed by atoms with Gasteiger partial charge in [0, 0.05) is 11.6 Å². The predicted molar refractivity (Wildman–Crippen MR) is 119 cm³/mol. The number of phenolic OH excluding ortho intramolecular Hbond substituents is 1. The Kier molecular flexibility index (Phi) is 7.05. The van der Waals surface area contributed by atoms with E-state index in [0.29, 0.717) is 11.1 Å². The number of hydrogen-bond donors (Lipinski definition) is 3. The Morgan fingerprint density at radius 2 is 1.62 bits per heavy atom. The number of benzene rings is 3. The molecule has 3 rings (SSSR count). The van der Waals surface area contributed by atoms with Gasteiger partial charge in [0.15, 0.2) is 0 Å². The van der Waals surface area contributed by atoms with Crippen molar-refractivity contribution < 1.29 is 19.6 Å². The van der Waals surface area contributed by atoms with Crippen LogP contribution in [0.2, 0.25) is 0 Å². The molecule has 9 nitrogen and oxygen atoms in total. The number of nitrogens with zero attached hydrogens (tertiary/aromatic N) is 2. The van der Waals surface area contributed by atoms with Gasteiger partial charge in [0.1, 0.15) is 11.4 Å². The quantitative estimate of drug-likeness (QED) is 0.229. The highest BCUT2D eigenvalue weighted by molar-refractivity contribution is 6.05. The van der Waals surface area contributed by atoms with Crippen LogP contribution in [0.15, 0.2) is 89.7 Å². The summed E-state index contributed by atoms with van der Waals surface area (Å²) in [5, 5.41) is 27.0. The van der Waals surface area contributed by atoms with Crippen molar-refractivity contribution in [1.29, 1.82) is 0 Å². The summed E-state index contributed by atoms with van der Waals surface area (Å²) in [6.07, 6.45) is 2.51. The van der Waals surface area contributed by atoms with E-state index in [9.17, 15) is 24.8 Å². The number of phenols is 1. The molecule has 32 heavy (non-hydrogen) atoms. The van der Waals surface area contributed by atoms with Gasteiger partial charge in [0.25, 0.3) is 17.5 Å². The Bertz CT molecular complexity index is 1190. The van der Waals surface area contributed by atoms with Crippen LogP contribution >= 0.6 is 0 Å². The molecule has 3 aromatic rings. The number of aromatic hydroxyl groups is 1. The minimum absolute atomic E-state index is 0.00258. The first-order valence-corrected chi connectivity index (χ1v) is 9.38. The van der Waals surface area contributed by atoms with Gasteiger partial charge in [-0.1, -0.05) is 48.5 Å². The summed E-state index contributed by atoms with van der Waals surface area (Å²) in [7, 11) is 0. The lowest BCUT2D eigenvalue weighted by molar-refractivity contribution is -0.385. The molecule has 160 valence electrons. The van der Waals surface area contributed by atoms with Crippen molar-refractivity contribution in [2.24, 2.45) is 5.10 Å². The van der Waals surface area contributed by atoms with E-state index in [1.165, 1.54) is 12.1 Å². The zero-order valence-electron chi connectivity index (χ0n) is 16.6. The minimum Gasteiger partial charge on any atom is -0.508 e. The van der Waals surface area contributed by atoms with Gasteiger partial charge < -0.3 is 10.4 Å². The van der Waals surface area contributed by atoms with Crippen molar-refractivity contribution in [3.63, 3.8) is 0 Å². The second kappa shape index (κ2) is 10.3. The van der Waals surface area contributed by atoms with Crippen molar-refractivity contribution in [3.8, 4) is 5.75 Å². The van der Waals surface area contributed by atoms with Crippen molar-refractivity contribution in [2.45, 2.75) is 0 Å². The molecule has 0 fully saturated rings. The summed E-state index contributed by atoms with van der Waals surface area (Å²) in [6.45, 7) is 0. The molecule has 3 aromatic carbocycles. The van der Waals surface area contributed by atoms with Crippen LogP contribution in [0.4, 0.5) is 5.69 Å². The van der Waals surface area contributed by atoms with E-state index in [0.717, 1.165) is 18.3 Å². The van der Waals surface area contributed by atoms with Gasteiger partial charge in [0.2, 0.25) is 0 Å². The topological polar surface area (TPSA) is 134 Å². The fraction of sp³-hybridized carbons (Fsp3) is 0. The molecular weight excluding hydrogens is 412 g/mol. The predicted octanol–water partition coefficient (Wildman–Crippen LogP) is 3.22. The monoisotopic (exact) mass is 430 g/mol. The zero-order chi connectivity index (χ0) is 22.9. The summed E-state index contributed by atoms with van der Waals surface area (Å²) in [5.41, 5.74) is 2.89. The lowest BCUT2D eigenvalue weighted by Crippen LogP contribution is -2.32. The fourth-order valence-electron chi connectivity index (χ4n) is 2.69. The molecule has 0 aliphatic carbocycles. The number of carbonyl (C=O) groups excluding carboxylic acids is 2. The second-order valence-electron chi connectivity index (χ2n) is 6.49. The number of nitrogens with one attached hydrogen (secondary N) is 2. The Hall–Kier alpha value is -4.79. The SMILES string of the molecule is O=C(N/N=C/c1cc(O)ccc1[N+](=O)[O-])/C(=C/c1ccccc1)NC(=O)c1ccccc1. The van der Waals surface area contributed by atoms with Crippen LogP contribution < -0.4 is 10.7 Å². The Morgan fingerprint density at radius 3 is 2.28 bits per heavy atom. The molecule has 0 aromatic heterocycles. The largest absolute Gasteiger partial charge is 0.508 e. The fourth-order valence-corrected chi connectivity index (χ4v) is 2.69. The van der Waals surface area contributed by atoms with Gasteiger partial charge >= 0.3 is 0 Å². The van der Waals surface area contributed by atoms with Crippen LogP contribution in [0.5, 0.6) is 5.75 Å². The third kappa shape index (κ3) is 5.86. The number of hydrogen-bond acceptors (Lipinski definition) is 6. The Balaban J connectivity index is 1.82. The normalized spacial score (nSPS) is 11.2. The molecule has 0 saturated heterocycles. The van der Waals surface area contributed by atoms with Gasteiger partial charge in [-0.15, -0.1) is 0 Å². The number of hydrazone groups is 1. The molecule has 0 radical (unpaired) electrons. The van der Waals surface area contributed by atoms with Crippen LogP contribution in [0, 0.1) is 10.1 Å². The molecule has 0 atom stereocenters. The third-order valence-corrected chi connectivity index (χ3v) is 4.22. The maximum atomic E-state index is 12.7. The smallest absolute Gasteiger partial charge is 0.287 e. The third-order valence-electron chi connectivity index (χ3n) is 4.22. The summed E-state index contributed by atoms with van der Waals surface area (Å²) in [5.74, 6) is -1.42. The average molecular weight is 430 g/mol. The van der Waals surface area contributed by atoms with Crippen molar-refractivity contribution in [3.05, 3.63) is 111 Å². The molecule has 0 unspecified atom stereocenters. The van der Waals surface area contributed by atoms with Gasteiger partial charge in [-0.2, -0.15) is 5.10 Å². The summed E-state index contributed by atoms with van der Waals surface area (Å²) in [4.78, 5) is 35.7. The molecule has 9 heteroatoms. The number of carbonyl (C=O) groups is 2. The molecule has 3 N–H and O–H groups in total. The number of nitro benzene ring substituents is 1. The van der Waals surface area contributed by atoms with Crippen LogP contribution in [-0.2, 0) is 4.79 Å². The first-order valence-electron chi connectivity index (χ1n) is 9.38. The van der Waals surface area contributed by atoms with E-state index in [-0.39, 0.29) is 22.7 Å². The first kappa shape index (κ1) is 21.9. The van der Waals surface area contributed by atoms with Crippen LogP contribution in [0.3, 0.4) is 0 Å². The van der Waals surface area contributed by atoms with Crippen LogP contribution in [-0.4, -0.2) is 28.1 Å². The second-order valence-corrected chi connectivity index (χ2v) is 6.49. The van der Waals surface area contributed by atoms with Crippen molar-refractivity contribution in [1.82, 2.24) is 10.7 Å². The molecule has 0 heterocycles. The Labute approximate surface area is 182 Å². The molecule has 0 aliphatic heterocycles. The summed E-state index contributed by atoms with van der Waals surface area (Å²) in [6, 6.07) is 20.7. The molecule has 0 saturated carbocycles. The highest BCUT2D eigenvalue weighted by Crippen LogP contribution is 2.21. The zero-order valence-corrected chi connectivity index (χ0v) is 16.6. The van der Waals surface area contributed by atoms with Crippen molar-refractivity contribution in [2.75, 3.05) is 0 Å². The molecule has 2 amide bonds. The summed E-state index contributed by atoms with van der Waals surface area (Å²) >= 11 is 0. The van der Waals surface area contributed by atoms with E-state index in [4.69, 9.17) is 0 Å². The van der Waals surface area contributed by atoms with Gasteiger partial charge in [-0.3, -0.25) is 19.7 Å². The standard InChI is InChI=1S/C23H18N4O5/c28-19-11-12-21(27(31)32)18(14-19)15-24-26-23(30)20(13-16-7-3-1-4-8-16)25-22(29)17-9-5-2-6-10-17/h1-15,28H,(H,25,29)(H,26,30)/b20-13-,24-15+. The first-order chi connectivity index (χ1) is 15.4. The molecular formula is C23H18N4O5. The van der Waals surface area contributed by atoms with Gasteiger partial charge in [-0.25, -0.2) is 5.43 Å². The van der Waals surface area contributed by atoms with E-state index >= 15 is 0 Å². The molecule has 0 bridgehead atoms. The van der Waals surface area contributed by atoms with E-state index in [1.807, 2.05) is 6.07 Å². The summed E-state index contributed by atoms with van der Waals surface area (Å²) < 4.78 is 0. The lowest BCUT2D eigenvalue weighted by atomic mass is 10.1. The van der Waals surface area contributed by atoms with E-state index in [2.05, 4.69) is 15.8 Å².